The van der Waals surface area contributed by atoms with Crippen LogP contribution in [0.4, 0.5) is 0 Å². The molecule has 20 heavy (non-hydrogen) atoms. The molecule has 1 aromatic heterocycles. The molecule has 0 atom stereocenters. The molecule has 1 fully saturated rings. The van der Waals surface area contributed by atoms with Crippen LogP contribution in [0.5, 0.6) is 0 Å². The maximum absolute atomic E-state index is 12.0. The minimum absolute atomic E-state index is 0.370. The SMILES string of the molecule is CN(CCCNC1CC1)S(=O)(=O)NCCc1cnc[nH]1. The monoisotopic (exact) mass is 301 g/mol. The van der Waals surface area contributed by atoms with Crippen molar-refractivity contribution >= 4 is 10.2 Å². The third-order valence-electron chi connectivity index (χ3n) is 3.30. The molecule has 1 heterocycles. The molecule has 1 aromatic rings. The maximum Gasteiger partial charge on any atom is 0.279 e. The van der Waals surface area contributed by atoms with Crippen molar-refractivity contribution < 1.29 is 8.42 Å². The second-order valence-corrected chi connectivity index (χ2v) is 6.99. The van der Waals surface area contributed by atoms with Crippen molar-refractivity contribution in [3.63, 3.8) is 0 Å². The number of nitrogens with one attached hydrogen (secondary N) is 3. The Kier molecular flexibility index (Phi) is 5.53. The summed E-state index contributed by atoms with van der Waals surface area (Å²) in [5, 5.41) is 3.37. The van der Waals surface area contributed by atoms with Crippen LogP contribution in [-0.2, 0) is 16.6 Å². The molecule has 0 bridgehead atoms. The number of aromatic amines is 1. The Morgan fingerprint density at radius 2 is 2.25 bits per heavy atom. The van der Waals surface area contributed by atoms with Gasteiger partial charge in [-0.05, 0) is 25.8 Å². The number of imidazole rings is 1. The molecule has 0 saturated heterocycles. The van der Waals surface area contributed by atoms with Gasteiger partial charge in [0.15, 0.2) is 0 Å². The molecule has 0 aliphatic heterocycles. The van der Waals surface area contributed by atoms with Crippen LogP contribution in [0.3, 0.4) is 0 Å². The summed E-state index contributed by atoms with van der Waals surface area (Å²) in [5.74, 6) is 0. The highest BCUT2D eigenvalue weighted by Crippen LogP contribution is 2.18. The van der Waals surface area contributed by atoms with Crippen LogP contribution in [0.25, 0.3) is 0 Å². The van der Waals surface area contributed by atoms with Crippen molar-refractivity contribution in [1.82, 2.24) is 24.3 Å². The number of aromatic nitrogens is 2. The summed E-state index contributed by atoms with van der Waals surface area (Å²) in [6.07, 6.45) is 7.22. The van der Waals surface area contributed by atoms with E-state index < -0.39 is 10.2 Å². The topological polar surface area (TPSA) is 90.1 Å². The van der Waals surface area contributed by atoms with Crippen molar-refractivity contribution in [3.8, 4) is 0 Å². The van der Waals surface area contributed by atoms with E-state index in [9.17, 15) is 8.42 Å². The largest absolute Gasteiger partial charge is 0.348 e. The van der Waals surface area contributed by atoms with Crippen LogP contribution in [0, 0.1) is 0 Å². The molecule has 2 rings (SSSR count). The lowest BCUT2D eigenvalue weighted by molar-refractivity contribution is 0.444. The number of H-pyrrole nitrogens is 1. The Morgan fingerprint density at radius 3 is 2.90 bits per heavy atom. The zero-order valence-electron chi connectivity index (χ0n) is 11.8. The summed E-state index contributed by atoms with van der Waals surface area (Å²) >= 11 is 0. The Morgan fingerprint density at radius 1 is 1.45 bits per heavy atom. The lowest BCUT2D eigenvalue weighted by Gasteiger charge is -2.17. The zero-order valence-corrected chi connectivity index (χ0v) is 12.6. The first-order valence-corrected chi connectivity index (χ1v) is 8.43. The third-order valence-corrected chi connectivity index (χ3v) is 4.88. The summed E-state index contributed by atoms with van der Waals surface area (Å²) in [5.41, 5.74) is 0.920. The number of nitrogens with zero attached hydrogens (tertiary/aromatic N) is 2. The van der Waals surface area contributed by atoms with Gasteiger partial charge in [-0.2, -0.15) is 12.7 Å². The lowest BCUT2D eigenvalue weighted by atomic mass is 10.3. The van der Waals surface area contributed by atoms with Gasteiger partial charge in [-0.3, -0.25) is 0 Å². The van der Waals surface area contributed by atoms with Crippen molar-refractivity contribution in [2.45, 2.75) is 31.7 Å². The lowest BCUT2D eigenvalue weighted by Crippen LogP contribution is -2.40. The van der Waals surface area contributed by atoms with E-state index in [-0.39, 0.29) is 0 Å². The van der Waals surface area contributed by atoms with Crippen molar-refractivity contribution in [3.05, 3.63) is 18.2 Å². The smallest absolute Gasteiger partial charge is 0.279 e. The molecule has 114 valence electrons. The van der Waals surface area contributed by atoms with E-state index in [0.29, 0.717) is 25.6 Å². The number of hydrogen-bond acceptors (Lipinski definition) is 4. The molecule has 0 unspecified atom stereocenters. The molecule has 0 spiro atoms. The number of hydrogen-bond donors (Lipinski definition) is 3. The van der Waals surface area contributed by atoms with Crippen molar-refractivity contribution in [2.75, 3.05) is 26.7 Å². The first-order chi connectivity index (χ1) is 9.58. The van der Waals surface area contributed by atoms with Crippen LogP contribution in [0.1, 0.15) is 25.0 Å². The quantitative estimate of drug-likeness (QED) is 0.525. The van der Waals surface area contributed by atoms with E-state index in [1.165, 1.54) is 17.1 Å². The maximum atomic E-state index is 12.0. The molecule has 1 aliphatic rings. The molecular formula is C12H23N5O2S. The van der Waals surface area contributed by atoms with Crippen LogP contribution in [-0.4, -0.2) is 55.4 Å². The van der Waals surface area contributed by atoms with Crippen molar-refractivity contribution in [2.24, 2.45) is 0 Å². The van der Waals surface area contributed by atoms with Gasteiger partial charge >= 0.3 is 0 Å². The van der Waals surface area contributed by atoms with Gasteiger partial charge in [0, 0.05) is 44.5 Å². The van der Waals surface area contributed by atoms with Gasteiger partial charge in [-0.25, -0.2) is 9.71 Å². The molecular weight excluding hydrogens is 278 g/mol. The minimum atomic E-state index is -3.38. The highest BCUT2D eigenvalue weighted by Gasteiger charge is 2.20. The first-order valence-electron chi connectivity index (χ1n) is 6.99. The molecule has 0 amide bonds. The van der Waals surface area contributed by atoms with Gasteiger partial charge in [-0.1, -0.05) is 0 Å². The van der Waals surface area contributed by atoms with Crippen molar-refractivity contribution in [1.29, 1.82) is 0 Å². The molecule has 1 saturated carbocycles. The van der Waals surface area contributed by atoms with Gasteiger partial charge in [0.1, 0.15) is 0 Å². The van der Waals surface area contributed by atoms with Crippen LogP contribution in [0.2, 0.25) is 0 Å². The Balaban J connectivity index is 1.62. The summed E-state index contributed by atoms with van der Waals surface area (Å²) in [4.78, 5) is 6.83. The van der Waals surface area contributed by atoms with Crippen LogP contribution < -0.4 is 10.0 Å². The second kappa shape index (κ2) is 7.16. The van der Waals surface area contributed by atoms with Gasteiger partial charge in [0.25, 0.3) is 10.2 Å². The first kappa shape index (κ1) is 15.4. The number of rotatable bonds is 10. The standard InChI is InChI=1S/C12H23N5O2S/c1-17(8-2-6-14-11-3-4-11)20(18,19)16-7-5-12-9-13-10-15-12/h9-11,14,16H,2-8H2,1H3,(H,13,15). The molecule has 3 N–H and O–H groups in total. The fraction of sp³-hybridized carbons (Fsp3) is 0.750. The third kappa shape index (κ3) is 5.20. The van der Waals surface area contributed by atoms with E-state index in [4.69, 9.17) is 0 Å². The fourth-order valence-corrected chi connectivity index (χ4v) is 2.81. The molecule has 8 heteroatoms. The summed E-state index contributed by atoms with van der Waals surface area (Å²) in [6, 6.07) is 0.671. The normalized spacial score (nSPS) is 15.9. The Labute approximate surface area is 120 Å². The summed E-state index contributed by atoms with van der Waals surface area (Å²) in [6.45, 7) is 1.77. The summed E-state index contributed by atoms with van der Waals surface area (Å²) in [7, 11) is -1.77. The fourth-order valence-electron chi connectivity index (χ4n) is 1.86. The highest BCUT2D eigenvalue weighted by atomic mass is 32.2. The van der Waals surface area contributed by atoms with E-state index in [2.05, 4.69) is 20.0 Å². The van der Waals surface area contributed by atoms with E-state index in [1.54, 1.807) is 19.6 Å². The van der Waals surface area contributed by atoms with E-state index in [1.807, 2.05) is 0 Å². The molecule has 1 aliphatic carbocycles. The predicted molar refractivity (Wildman–Crippen MR) is 77.5 cm³/mol. The molecule has 7 nitrogen and oxygen atoms in total. The zero-order chi connectivity index (χ0) is 14.4. The van der Waals surface area contributed by atoms with Crippen LogP contribution >= 0.6 is 0 Å². The van der Waals surface area contributed by atoms with Gasteiger partial charge in [0.2, 0.25) is 0 Å². The van der Waals surface area contributed by atoms with Gasteiger partial charge in [-0.15, -0.1) is 0 Å². The minimum Gasteiger partial charge on any atom is -0.348 e. The van der Waals surface area contributed by atoms with E-state index in [0.717, 1.165) is 18.7 Å². The van der Waals surface area contributed by atoms with E-state index >= 15 is 0 Å². The average molecular weight is 301 g/mol. The van der Waals surface area contributed by atoms with Crippen LogP contribution in [0.15, 0.2) is 12.5 Å². The Bertz CT molecular complexity index is 484. The molecule has 0 radical (unpaired) electrons. The highest BCUT2D eigenvalue weighted by molar-refractivity contribution is 7.87. The Hall–Kier alpha value is -0.960. The average Bonchev–Trinajstić information content (AvgIpc) is 3.09. The predicted octanol–water partition coefficient (Wildman–Crippen LogP) is -0.139. The second-order valence-electron chi connectivity index (χ2n) is 5.13. The van der Waals surface area contributed by atoms with Gasteiger partial charge < -0.3 is 10.3 Å². The van der Waals surface area contributed by atoms with Gasteiger partial charge in [0.05, 0.1) is 6.33 Å². The molecule has 0 aromatic carbocycles. The summed E-state index contributed by atoms with van der Waals surface area (Å²) < 4.78 is 27.9.